The van der Waals surface area contributed by atoms with Crippen LogP contribution in [0.5, 0.6) is 0 Å². The van der Waals surface area contributed by atoms with Crippen molar-refractivity contribution in [2.75, 3.05) is 19.8 Å². The second-order valence-corrected chi connectivity index (χ2v) is 7.86. The van der Waals surface area contributed by atoms with Gasteiger partial charge in [0.1, 0.15) is 0 Å². The maximum atomic E-state index is 13.2. The lowest BCUT2D eigenvalue weighted by Gasteiger charge is -2.41. The number of hydrogen-bond donors (Lipinski definition) is 1. The van der Waals surface area contributed by atoms with Gasteiger partial charge in [-0.1, -0.05) is 30.3 Å². The van der Waals surface area contributed by atoms with Gasteiger partial charge < -0.3 is 10.1 Å². The van der Waals surface area contributed by atoms with Crippen molar-refractivity contribution in [1.82, 2.24) is 15.2 Å². The summed E-state index contributed by atoms with van der Waals surface area (Å²) in [7, 11) is 0. The van der Waals surface area contributed by atoms with Crippen molar-refractivity contribution in [3.8, 4) is 0 Å². The Balaban J connectivity index is 1.46. The number of benzene rings is 1. The average molecular weight is 387 g/mol. The van der Waals surface area contributed by atoms with Gasteiger partial charge in [-0.2, -0.15) is 0 Å². The fraction of sp³-hybridized carbons (Fsp3) is 0.500. The third-order valence-electron chi connectivity index (χ3n) is 6.14. The van der Waals surface area contributed by atoms with Crippen LogP contribution in [-0.4, -0.2) is 41.2 Å². The number of nitrogens with zero attached hydrogens (tertiary/aromatic N) is 2. The van der Waals surface area contributed by atoms with Crippen molar-refractivity contribution in [1.29, 1.82) is 0 Å². The molecule has 0 amide bonds. The zero-order valence-corrected chi connectivity index (χ0v) is 16.0. The van der Waals surface area contributed by atoms with Crippen molar-refractivity contribution in [2.24, 2.45) is 0 Å². The van der Waals surface area contributed by atoms with Crippen molar-refractivity contribution >= 4 is 0 Å². The second-order valence-electron chi connectivity index (χ2n) is 7.86. The first kappa shape index (κ1) is 19.4. The summed E-state index contributed by atoms with van der Waals surface area (Å²) < 4.78 is 32.1. The van der Waals surface area contributed by atoms with Crippen LogP contribution in [0.25, 0.3) is 0 Å². The van der Waals surface area contributed by atoms with E-state index in [2.05, 4.69) is 39.5 Å². The van der Waals surface area contributed by atoms with Gasteiger partial charge in [0.25, 0.3) is 6.43 Å². The zero-order valence-electron chi connectivity index (χ0n) is 16.0. The Bertz CT molecular complexity index is 765. The highest BCUT2D eigenvalue weighted by Gasteiger charge is 2.45. The first-order valence-electron chi connectivity index (χ1n) is 9.97. The minimum atomic E-state index is -2.49. The molecule has 2 fully saturated rings. The molecule has 28 heavy (non-hydrogen) atoms. The Morgan fingerprint density at radius 3 is 2.71 bits per heavy atom. The van der Waals surface area contributed by atoms with E-state index in [0.29, 0.717) is 12.1 Å². The lowest BCUT2D eigenvalue weighted by atomic mass is 9.86. The van der Waals surface area contributed by atoms with Gasteiger partial charge in [0.15, 0.2) is 0 Å². The predicted octanol–water partition coefficient (Wildman–Crippen LogP) is 3.93. The lowest BCUT2D eigenvalue weighted by Crippen LogP contribution is -2.47. The molecule has 4 rings (SSSR count). The second kappa shape index (κ2) is 8.64. The van der Waals surface area contributed by atoms with E-state index in [1.165, 1.54) is 11.8 Å². The molecule has 2 aliphatic rings. The van der Waals surface area contributed by atoms with Crippen molar-refractivity contribution < 1.29 is 13.5 Å². The maximum Gasteiger partial charge on any atom is 0.265 e. The first-order valence-corrected chi connectivity index (χ1v) is 9.97. The van der Waals surface area contributed by atoms with Gasteiger partial charge in [-0.25, -0.2) is 8.78 Å². The third-order valence-corrected chi connectivity index (χ3v) is 6.14. The molecule has 4 nitrogen and oxygen atoms in total. The fourth-order valence-electron chi connectivity index (χ4n) is 4.60. The number of aromatic nitrogens is 1. The molecule has 2 aliphatic heterocycles. The Kier molecular flexibility index (Phi) is 5.99. The molecule has 0 aliphatic carbocycles. The van der Waals surface area contributed by atoms with E-state index in [1.54, 1.807) is 12.3 Å². The minimum Gasteiger partial charge on any atom is -0.381 e. The van der Waals surface area contributed by atoms with E-state index in [-0.39, 0.29) is 17.1 Å². The van der Waals surface area contributed by atoms with Gasteiger partial charge >= 0.3 is 0 Å². The van der Waals surface area contributed by atoms with Gasteiger partial charge in [-0.15, -0.1) is 0 Å². The molecule has 2 saturated heterocycles. The predicted molar refractivity (Wildman–Crippen MR) is 104 cm³/mol. The molecule has 0 bridgehead atoms. The Morgan fingerprint density at radius 2 is 1.96 bits per heavy atom. The number of nitrogens with one attached hydrogen (secondary N) is 1. The molecule has 2 aromatic rings. The molecule has 0 saturated carbocycles. The van der Waals surface area contributed by atoms with Crippen molar-refractivity contribution in [3.05, 3.63) is 65.5 Å². The highest BCUT2D eigenvalue weighted by atomic mass is 19.3. The largest absolute Gasteiger partial charge is 0.381 e. The standard InChI is InChI=1S/C22H27F2N3O/c23-21(24)20-14-25-9-6-18(20)13-26-19-12-22(7-10-28-11-8-22)27(16-19)15-17-4-2-1-3-5-17/h1-6,9,14,19,21,26H,7-8,10-13,15-16H2. The molecule has 1 N–H and O–H groups in total. The third kappa shape index (κ3) is 4.24. The first-order chi connectivity index (χ1) is 13.7. The van der Waals surface area contributed by atoms with Crippen LogP contribution in [0.1, 0.15) is 42.4 Å². The number of ether oxygens (including phenoxy) is 1. The topological polar surface area (TPSA) is 37.4 Å². The van der Waals surface area contributed by atoms with Crippen molar-refractivity contribution in [2.45, 2.75) is 50.4 Å². The molecule has 3 heterocycles. The normalized spacial score (nSPS) is 22.2. The summed E-state index contributed by atoms with van der Waals surface area (Å²) in [5.41, 5.74) is 2.10. The van der Waals surface area contributed by atoms with Crippen LogP contribution in [0.3, 0.4) is 0 Å². The monoisotopic (exact) mass is 387 g/mol. The Hall–Kier alpha value is -1.89. The smallest absolute Gasteiger partial charge is 0.265 e. The van der Waals surface area contributed by atoms with E-state index in [9.17, 15) is 8.78 Å². The van der Waals surface area contributed by atoms with Crippen LogP contribution in [0.4, 0.5) is 8.78 Å². The van der Waals surface area contributed by atoms with E-state index in [0.717, 1.165) is 45.6 Å². The number of rotatable bonds is 6. The zero-order chi connectivity index (χ0) is 19.4. The summed E-state index contributed by atoms with van der Waals surface area (Å²) in [5, 5.41) is 3.54. The van der Waals surface area contributed by atoms with Gasteiger partial charge in [0, 0.05) is 62.4 Å². The summed E-state index contributed by atoms with van der Waals surface area (Å²) in [5.74, 6) is 0. The van der Waals surface area contributed by atoms with Crippen LogP contribution >= 0.6 is 0 Å². The summed E-state index contributed by atoms with van der Waals surface area (Å²) in [6.07, 6.45) is 3.44. The summed E-state index contributed by atoms with van der Waals surface area (Å²) in [6.45, 7) is 3.86. The Morgan fingerprint density at radius 1 is 1.18 bits per heavy atom. The van der Waals surface area contributed by atoms with Crippen LogP contribution in [0.15, 0.2) is 48.8 Å². The van der Waals surface area contributed by atoms with E-state index < -0.39 is 6.43 Å². The number of pyridine rings is 1. The summed E-state index contributed by atoms with van der Waals surface area (Å²) >= 11 is 0. The summed E-state index contributed by atoms with van der Waals surface area (Å²) in [6, 6.07) is 12.5. The SMILES string of the molecule is FC(F)c1cnccc1CNC1CN(Cc2ccccc2)C2(CCOCC2)C1. The quantitative estimate of drug-likeness (QED) is 0.815. The molecule has 1 aromatic heterocycles. The average Bonchev–Trinajstić information content (AvgIpc) is 3.04. The molecule has 6 heteroatoms. The number of alkyl halides is 2. The molecule has 0 radical (unpaired) electrons. The van der Waals surface area contributed by atoms with Gasteiger partial charge in [-0.3, -0.25) is 9.88 Å². The number of halogens is 2. The van der Waals surface area contributed by atoms with Gasteiger partial charge in [0.05, 0.1) is 0 Å². The van der Waals surface area contributed by atoms with Crippen LogP contribution in [0.2, 0.25) is 0 Å². The molecular formula is C22H27F2N3O. The molecule has 150 valence electrons. The Labute approximate surface area is 164 Å². The number of likely N-dealkylation sites (tertiary alicyclic amines) is 1. The summed E-state index contributed by atoms with van der Waals surface area (Å²) in [4.78, 5) is 6.42. The van der Waals surface area contributed by atoms with Crippen LogP contribution < -0.4 is 5.32 Å². The highest BCUT2D eigenvalue weighted by molar-refractivity contribution is 5.24. The van der Waals surface area contributed by atoms with Crippen molar-refractivity contribution in [3.63, 3.8) is 0 Å². The van der Waals surface area contributed by atoms with E-state index in [4.69, 9.17) is 4.74 Å². The molecule has 1 unspecified atom stereocenters. The fourth-order valence-corrected chi connectivity index (χ4v) is 4.60. The highest BCUT2D eigenvalue weighted by Crippen LogP contribution is 2.39. The minimum absolute atomic E-state index is 0.0231. The molecule has 1 spiro atoms. The van der Waals surface area contributed by atoms with E-state index >= 15 is 0 Å². The lowest BCUT2D eigenvalue weighted by molar-refractivity contribution is -0.0113. The van der Waals surface area contributed by atoms with Crippen LogP contribution in [-0.2, 0) is 17.8 Å². The van der Waals surface area contributed by atoms with Crippen LogP contribution in [0, 0.1) is 0 Å². The number of hydrogen-bond acceptors (Lipinski definition) is 4. The van der Waals surface area contributed by atoms with Gasteiger partial charge in [0.2, 0.25) is 0 Å². The maximum absolute atomic E-state index is 13.2. The molecular weight excluding hydrogens is 360 g/mol. The van der Waals surface area contributed by atoms with E-state index in [1.807, 2.05) is 6.07 Å². The molecule has 1 atom stereocenters. The molecule has 1 aromatic carbocycles. The van der Waals surface area contributed by atoms with Gasteiger partial charge in [-0.05, 0) is 36.5 Å².